The van der Waals surface area contributed by atoms with Crippen molar-refractivity contribution in [2.45, 2.75) is 13.3 Å². The van der Waals surface area contributed by atoms with Gasteiger partial charge in [-0.15, -0.1) is 0 Å². The van der Waals surface area contributed by atoms with Crippen molar-refractivity contribution in [1.29, 1.82) is 0 Å². The first-order valence-electron chi connectivity index (χ1n) is 5.50. The number of nitrogens with one attached hydrogen (secondary N) is 2. The van der Waals surface area contributed by atoms with E-state index < -0.39 is 0 Å². The second-order valence-corrected chi connectivity index (χ2v) is 3.46. The Morgan fingerprint density at radius 1 is 1.35 bits per heavy atom. The fourth-order valence-corrected chi connectivity index (χ4v) is 1.32. The number of aliphatic hydroxyl groups is 1. The molecule has 0 aliphatic carbocycles. The summed E-state index contributed by atoms with van der Waals surface area (Å²) >= 11 is 0. The largest absolute Gasteiger partial charge is 0.394 e. The van der Waals surface area contributed by atoms with Crippen LogP contribution in [0.15, 0.2) is 6.33 Å². The molecule has 0 radical (unpaired) electrons. The van der Waals surface area contributed by atoms with Crippen molar-refractivity contribution in [3.63, 3.8) is 0 Å². The SMILES string of the molecule is Cc1c(NN)ncnc1NCCCOCCO. The summed E-state index contributed by atoms with van der Waals surface area (Å²) in [6.07, 6.45) is 2.29. The molecular weight excluding hydrogens is 222 g/mol. The molecule has 0 saturated heterocycles. The fourth-order valence-electron chi connectivity index (χ4n) is 1.32. The van der Waals surface area contributed by atoms with Gasteiger partial charge in [-0.1, -0.05) is 0 Å². The average molecular weight is 241 g/mol. The van der Waals surface area contributed by atoms with Crippen LogP contribution in [0.2, 0.25) is 0 Å². The molecule has 0 fully saturated rings. The van der Waals surface area contributed by atoms with E-state index in [-0.39, 0.29) is 6.61 Å². The highest BCUT2D eigenvalue weighted by molar-refractivity contribution is 5.55. The number of aliphatic hydroxyl groups excluding tert-OH is 1. The van der Waals surface area contributed by atoms with Crippen molar-refractivity contribution in [2.24, 2.45) is 5.84 Å². The van der Waals surface area contributed by atoms with Crippen LogP contribution in [0, 0.1) is 6.92 Å². The van der Waals surface area contributed by atoms with Gasteiger partial charge in [0, 0.05) is 18.7 Å². The molecule has 1 aromatic heterocycles. The van der Waals surface area contributed by atoms with Gasteiger partial charge in [0.25, 0.3) is 0 Å². The molecule has 17 heavy (non-hydrogen) atoms. The number of nitrogens with two attached hydrogens (primary N) is 1. The molecule has 0 aromatic carbocycles. The highest BCUT2D eigenvalue weighted by Crippen LogP contribution is 2.16. The maximum atomic E-state index is 8.52. The molecule has 7 nitrogen and oxygen atoms in total. The highest BCUT2D eigenvalue weighted by atomic mass is 16.5. The first-order valence-corrected chi connectivity index (χ1v) is 5.50. The first-order chi connectivity index (χ1) is 8.29. The molecule has 96 valence electrons. The fraction of sp³-hybridized carbons (Fsp3) is 0.600. The summed E-state index contributed by atoms with van der Waals surface area (Å²) in [5, 5.41) is 11.7. The van der Waals surface area contributed by atoms with Crippen molar-refractivity contribution in [1.82, 2.24) is 9.97 Å². The van der Waals surface area contributed by atoms with E-state index in [2.05, 4.69) is 20.7 Å². The zero-order valence-electron chi connectivity index (χ0n) is 9.94. The van der Waals surface area contributed by atoms with Gasteiger partial charge >= 0.3 is 0 Å². The number of nitrogens with zero attached hydrogens (tertiary/aromatic N) is 2. The smallest absolute Gasteiger partial charge is 0.148 e. The maximum absolute atomic E-state index is 8.52. The van der Waals surface area contributed by atoms with Crippen LogP contribution in [0.25, 0.3) is 0 Å². The Morgan fingerprint density at radius 2 is 2.12 bits per heavy atom. The molecule has 1 rings (SSSR count). The Morgan fingerprint density at radius 3 is 2.82 bits per heavy atom. The lowest BCUT2D eigenvalue weighted by Crippen LogP contribution is -2.14. The van der Waals surface area contributed by atoms with Gasteiger partial charge in [0.05, 0.1) is 13.2 Å². The van der Waals surface area contributed by atoms with Crippen LogP contribution < -0.4 is 16.6 Å². The number of aromatic nitrogens is 2. The average Bonchev–Trinajstić information content (AvgIpc) is 2.35. The molecular formula is C10H19N5O2. The molecule has 0 amide bonds. The molecule has 7 heteroatoms. The lowest BCUT2D eigenvalue weighted by Gasteiger charge is -2.10. The Hall–Kier alpha value is -1.44. The highest BCUT2D eigenvalue weighted by Gasteiger charge is 2.04. The lowest BCUT2D eigenvalue weighted by molar-refractivity contribution is 0.0922. The van der Waals surface area contributed by atoms with Crippen LogP contribution in [0.3, 0.4) is 0 Å². The second-order valence-electron chi connectivity index (χ2n) is 3.46. The summed E-state index contributed by atoms with van der Waals surface area (Å²) in [5.74, 6) is 6.69. The molecule has 0 aliphatic rings. The van der Waals surface area contributed by atoms with E-state index in [4.69, 9.17) is 15.7 Å². The van der Waals surface area contributed by atoms with Crippen LogP contribution in [-0.2, 0) is 4.74 Å². The number of hydrazine groups is 1. The summed E-state index contributed by atoms with van der Waals surface area (Å²) in [6, 6.07) is 0. The number of ether oxygens (including phenoxy) is 1. The number of nitrogen functional groups attached to an aromatic ring is 1. The molecule has 1 aromatic rings. The van der Waals surface area contributed by atoms with E-state index in [1.165, 1.54) is 6.33 Å². The number of hydrogen-bond donors (Lipinski definition) is 4. The zero-order valence-corrected chi connectivity index (χ0v) is 9.94. The van der Waals surface area contributed by atoms with Crippen LogP contribution >= 0.6 is 0 Å². The molecule has 0 aliphatic heterocycles. The topological polar surface area (TPSA) is 105 Å². The third kappa shape index (κ3) is 4.51. The zero-order chi connectivity index (χ0) is 12.5. The van der Waals surface area contributed by atoms with Gasteiger partial charge in [0.1, 0.15) is 18.0 Å². The van der Waals surface area contributed by atoms with Gasteiger partial charge in [0.15, 0.2) is 0 Å². The number of rotatable bonds is 8. The minimum absolute atomic E-state index is 0.0595. The predicted molar refractivity (Wildman–Crippen MR) is 65.6 cm³/mol. The monoisotopic (exact) mass is 241 g/mol. The Kier molecular flexibility index (Phi) is 6.23. The minimum atomic E-state index is 0.0595. The van der Waals surface area contributed by atoms with Gasteiger partial charge in [-0.2, -0.15) is 0 Å². The maximum Gasteiger partial charge on any atom is 0.148 e. The predicted octanol–water partition coefficient (Wildman–Crippen LogP) is -0.118. The van der Waals surface area contributed by atoms with Crippen molar-refractivity contribution in [3.05, 3.63) is 11.9 Å². The van der Waals surface area contributed by atoms with Gasteiger partial charge < -0.3 is 20.6 Å². The summed E-state index contributed by atoms with van der Waals surface area (Å²) in [4.78, 5) is 8.11. The van der Waals surface area contributed by atoms with E-state index in [1.807, 2.05) is 6.92 Å². The molecule has 0 atom stereocenters. The third-order valence-corrected chi connectivity index (χ3v) is 2.21. The third-order valence-electron chi connectivity index (χ3n) is 2.21. The van der Waals surface area contributed by atoms with Gasteiger partial charge in [-0.25, -0.2) is 15.8 Å². The van der Waals surface area contributed by atoms with Gasteiger partial charge in [-0.3, -0.25) is 0 Å². The summed E-state index contributed by atoms with van der Waals surface area (Å²) in [5.41, 5.74) is 3.39. The van der Waals surface area contributed by atoms with E-state index in [0.29, 0.717) is 19.0 Å². The van der Waals surface area contributed by atoms with E-state index in [0.717, 1.165) is 24.3 Å². The second kappa shape index (κ2) is 7.77. The van der Waals surface area contributed by atoms with E-state index >= 15 is 0 Å². The normalized spacial score (nSPS) is 10.3. The Balaban J connectivity index is 2.31. The van der Waals surface area contributed by atoms with Crippen LogP contribution in [0.5, 0.6) is 0 Å². The van der Waals surface area contributed by atoms with Crippen LogP contribution in [-0.4, -0.2) is 41.4 Å². The quantitative estimate of drug-likeness (QED) is 0.286. The summed E-state index contributed by atoms with van der Waals surface area (Å²) < 4.78 is 5.14. The molecule has 0 bridgehead atoms. The summed E-state index contributed by atoms with van der Waals surface area (Å²) in [7, 11) is 0. The van der Waals surface area contributed by atoms with Gasteiger partial charge in [-0.05, 0) is 13.3 Å². The van der Waals surface area contributed by atoms with Crippen molar-refractivity contribution >= 4 is 11.6 Å². The number of hydrogen-bond acceptors (Lipinski definition) is 7. The minimum Gasteiger partial charge on any atom is -0.394 e. The van der Waals surface area contributed by atoms with Crippen molar-refractivity contribution < 1.29 is 9.84 Å². The molecule has 1 heterocycles. The lowest BCUT2D eigenvalue weighted by atomic mass is 10.3. The van der Waals surface area contributed by atoms with Crippen molar-refractivity contribution in [3.8, 4) is 0 Å². The molecule has 5 N–H and O–H groups in total. The van der Waals surface area contributed by atoms with Crippen molar-refractivity contribution in [2.75, 3.05) is 37.1 Å². The van der Waals surface area contributed by atoms with E-state index in [1.54, 1.807) is 0 Å². The molecule has 0 saturated carbocycles. The molecule has 0 unspecified atom stereocenters. The van der Waals surface area contributed by atoms with Gasteiger partial charge in [0.2, 0.25) is 0 Å². The summed E-state index contributed by atoms with van der Waals surface area (Å²) in [6.45, 7) is 3.69. The van der Waals surface area contributed by atoms with Crippen LogP contribution in [0.1, 0.15) is 12.0 Å². The Bertz CT molecular complexity index is 334. The van der Waals surface area contributed by atoms with Crippen LogP contribution in [0.4, 0.5) is 11.6 Å². The first kappa shape index (κ1) is 13.6. The Labute approximate surface area is 100 Å². The van der Waals surface area contributed by atoms with E-state index in [9.17, 15) is 0 Å². The number of anilines is 2. The standard InChI is InChI=1S/C10H19N5O2/c1-8-9(13-7-14-10(8)15-11)12-3-2-5-17-6-4-16/h7,16H,2-6,11H2,1H3,(H2,12,13,14,15). The molecule has 0 spiro atoms.